The van der Waals surface area contributed by atoms with Crippen LogP contribution in [0.3, 0.4) is 0 Å². The second-order valence-electron chi connectivity index (χ2n) is 4.91. The van der Waals surface area contributed by atoms with Crippen LogP contribution in [0.25, 0.3) is 0 Å². The first-order valence-corrected chi connectivity index (χ1v) is 8.44. The summed E-state index contributed by atoms with van der Waals surface area (Å²) >= 11 is 1.52. The van der Waals surface area contributed by atoms with Crippen molar-refractivity contribution >= 4 is 23.6 Å². The number of nitrogens with zero attached hydrogens (tertiary/aromatic N) is 1. The Morgan fingerprint density at radius 1 is 1.35 bits per heavy atom. The number of esters is 1. The van der Waals surface area contributed by atoms with Crippen molar-refractivity contribution in [2.75, 3.05) is 33.1 Å². The van der Waals surface area contributed by atoms with Gasteiger partial charge >= 0.3 is 5.97 Å². The molecular weight excluding hydrogens is 318 g/mol. The van der Waals surface area contributed by atoms with E-state index in [4.69, 9.17) is 14.2 Å². The highest BCUT2D eigenvalue weighted by Gasteiger charge is 2.34. The second-order valence-corrected chi connectivity index (χ2v) is 5.98. The fourth-order valence-electron chi connectivity index (χ4n) is 2.42. The molecule has 1 aliphatic heterocycles. The van der Waals surface area contributed by atoms with Crippen LogP contribution in [-0.2, 0) is 14.3 Å². The number of thioether (sulfide) groups is 1. The number of hydrogen-bond acceptors (Lipinski definition) is 6. The summed E-state index contributed by atoms with van der Waals surface area (Å²) in [6.07, 6.45) is 0.190. The summed E-state index contributed by atoms with van der Waals surface area (Å²) in [6.45, 7) is 2.45. The lowest BCUT2D eigenvalue weighted by Gasteiger charge is -2.25. The Balaban J connectivity index is 2.17. The van der Waals surface area contributed by atoms with E-state index in [9.17, 15) is 9.59 Å². The van der Waals surface area contributed by atoms with E-state index in [1.807, 2.05) is 12.1 Å². The molecule has 0 radical (unpaired) electrons. The van der Waals surface area contributed by atoms with Crippen LogP contribution in [-0.4, -0.2) is 49.9 Å². The quantitative estimate of drug-likeness (QED) is 0.710. The summed E-state index contributed by atoms with van der Waals surface area (Å²) in [7, 11) is 3.18. The van der Waals surface area contributed by atoms with E-state index >= 15 is 0 Å². The van der Waals surface area contributed by atoms with Crippen LogP contribution in [0.5, 0.6) is 11.5 Å². The van der Waals surface area contributed by atoms with Gasteiger partial charge in [-0.3, -0.25) is 9.59 Å². The van der Waals surface area contributed by atoms with Crippen LogP contribution in [0.1, 0.15) is 24.3 Å². The Kier molecular flexibility index (Phi) is 6.15. The number of ether oxygens (including phenoxy) is 3. The van der Waals surface area contributed by atoms with E-state index in [0.717, 1.165) is 5.56 Å². The molecule has 1 aliphatic rings. The molecule has 126 valence electrons. The zero-order valence-electron chi connectivity index (χ0n) is 13.5. The number of amides is 1. The first-order valence-electron chi connectivity index (χ1n) is 7.39. The van der Waals surface area contributed by atoms with Crippen LogP contribution in [0, 0.1) is 0 Å². The average Bonchev–Trinajstić information content (AvgIpc) is 2.93. The molecule has 1 unspecified atom stereocenters. The maximum atomic E-state index is 12.1. The Bertz CT molecular complexity index is 578. The van der Waals surface area contributed by atoms with Gasteiger partial charge < -0.3 is 19.1 Å². The standard InChI is InChI=1S/C16H21NO5S/c1-4-22-15(19)7-8-17-14(18)10-23-16(17)12-6-5-11(20-2)9-13(12)21-3/h5-6,9,16H,4,7-8,10H2,1-3H3. The summed E-state index contributed by atoms with van der Waals surface area (Å²) in [4.78, 5) is 25.4. The lowest BCUT2D eigenvalue weighted by atomic mass is 10.1. The molecule has 1 amide bonds. The normalized spacial score (nSPS) is 17.3. The molecule has 0 saturated carbocycles. The van der Waals surface area contributed by atoms with Crippen molar-refractivity contribution in [3.8, 4) is 11.5 Å². The number of benzene rings is 1. The van der Waals surface area contributed by atoms with Gasteiger partial charge in [-0.25, -0.2) is 0 Å². The van der Waals surface area contributed by atoms with Crippen molar-refractivity contribution in [1.29, 1.82) is 0 Å². The molecule has 0 bridgehead atoms. The van der Waals surface area contributed by atoms with Gasteiger partial charge in [0.25, 0.3) is 0 Å². The highest BCUT2D eigenvalue weighted by Crippen LogP contribution is 2.43. The van der Waals surface area contributed by atoms with Crippen LogP contribution >= 0.6 is 11.8 Å². The maximum Gasteiger partial charge on any atom is 0.307 e. The van der Waals surface area contributed by atoms with Crippen molar-refractivity contribution < 1.29 is 23.8 Å². The third kappa shape index (κ3) is 4.10. The minimum Gasteiger partial charge on any atom is -0.497 e. The van der Waals surface area contributed by atoms with Gasteiger partial charge in [-0.15, -0.1) is 11.8 Å². The topological polar surface area (TPSA) is 65.1 Å². The molecule has 0 spiro atoms. The van der Waals surface area contributed by atoms with E-state index in [-0.39, 0.29) is 23.7 Å². The molecule has 1 saturated heterocycles. The van der Waals surface area contributed by atoms with Crippen LogP contribution < -0.4 is 9.47 Å². The third-order valence-corrected chi connectivity index (χ3v) is 4.77. The third-order valence-electron chi connectivity index (χ3n) is 3.54. The first kappa shape index (κ1) is 17.5. The SMILES string of the molecule is CCOC(=O)CCN1C(=O)CSC1c1ccc(OC)cc1OC. The van der Waals surface area contributed by atoms with E-state index in [1.165, 1.54) is 11.8 Å². The molecule has 1 fully saturated rings. The van der Waals surface area contributed by atoms with Crippen molar-refractivity contribution in [1.82, 2.24) is 4.90 Å². The molecule has 7 heteroatoms. The molecule has 1 aromatic rings. The summed E-state index contributed by atoms with van der Waals surface area (Å²) in [5.41, 5.74) is 0.896. The average molecular weight is 339 g/mol. The van der Waals surface area contributed by atoms with Gasteiger partial charge in [0.15, 0.2) is 0 Å². The van der Waals surface area contributed by atoms with Crippen molar-refractivity contribution in [2.24, 2.45) is 0 Å². The monoisotopic (exact) mass is 339 g/mol. The highest BCUT2D eigenvalue weighted by atomic mass is 32.2. The number of carbonyl (C=O) groups excluding carboxylic acids is 2. The summed E-state index contributed by atoms with van der Waals surface area (Å²) < 4.78 is 15.6. The van der Waals surface area contributed by atoms with Gasteiger partial charge in [0.1, 0.15) is 16.9 Å². The van der Waals surface area contributed by atoms with Gasteiger partial charge in [0.05, 0.1) is 33.0 Å². The molecule has 1 aromatic carbocycles. The lowest BCUT2D eigenvalue weighted by molar-refractivity contribution is -0.143. The van der Waals surface area contributed by atoms with Crippen LogP contribution in [0.2, 0.25) is 0 Å². The number of carbonyl (C=O) groups is 2. The fourth-order valence-corrected chi connectivity index (χ4v) is 3.66. The number of rotatable bonds is 7. The van der Waals surface area contributed by atoms with E-state index < -0.39 is 0 Å². The maximum absolute atomic E-state index is 12.1. The Hall–Kier alpha value is -1.89. The Labute approximate surface area is 140 Å². The van der Waals surface area contributed by atoms with E-state index in [2.05, 4.69) is 0 Å². The summed E-state index contributed by atoms with van der Waals surface area (Å²) in [5.74, 6) is 1.47. The van der Waals surface area contributed by atoms with Crippen LogP contribution in [0.4, 0.5) is 0 Å². The van der Waals surface area contributed by atoms with Crippen molar-refractivity contribution in [3.63, 3.8) is 0 Å². The number of hydrogen-bond donors (Lipinski definition) is 0. The predicted molar refractivity (Wildman–Crippen MR) is 87.7 cm³/mol. The Morgan fingerprint density at radius 2 is 2.13 bits per heavy atom. The molecule has 1 atom stereocenters. The zero-order valence-corrected chi connectivity index (χ0v) is 14.4. The minimum absolute atomic E-state index is 0.0159. The highest BCUT2D eigenvalue weighted by molar-refractivity contribution is 8.00. The van der Waals surface area contributed by atoms with Crippen molar-refractivity contribution in [3.05, 3.63) is 23.8 Å². The largest absolute Gasteiger partial charge is 0.497 e. The molecular formula is C16H21NO5S. The fraction of sp³-hybridized carbons (Fsp3) is 0.500. The molecule has 6 nitrogen and oxygen atoms in total. The molecule has 0 aromatic heterocycles. The number of methoxy groups -OCH3 is 2. The van der Waals surface area contributed by atoms with Crippen LogP contribution in [0.15, 0.2) is 18.2 Å². The molecule has 23 heavy (non-hydrogen) atoms. The second kappa shape index (κ2) is 8.10. The molecule has 0 N–H and O–H groups in total. The smallest absolute Gasteiger partial charge is 0.307 e. The molecule has 1 heterocycles. The predicted octanol–water partition coefficient (Wildman–Crippen LogP) is 2.23. The van der Waals surface area contributed by atoms with Gasteiger partial charge in [-0.2, -0.15) is 0 Å². The van der Waals surface area contributed by atoms with Gasteiger partial charge in [0.2, 0.25) is 5.91 Å². The lowest BCUT2D eigenvalue weighted by Crippen LogP contribution is -2.31. The summed E-state index contributed by atoms with van der Waals surface area (Å²) in [6, 6.07) is 5.53. The summed E-state index contributed by atoms with van der Waals surface area (Å²) in [5, 5.41) is -0.169. The van der Waals surface area contributed by atoms with E-state index in [0.29, 0.717) is 30.4 Å². The van der Waals surface area contributed by atoms with Gasteiger partial charge in [-0.1, -0.05) is 0 Å². The first-order chi connectivity index (χ1) is 11.1. The minimum atomic E-state index is -0.294. The zero-order chi connectivity index (χ0) is 16.8. The van der Waals surface area contributed by atoms with E-state index in [1.54, 1.807) is 32.1 Å². The molecule has 0 aliphatic carbocycles. The van der Waals surface area contributed by atoms with Gasteiger partial charge in [0, 0.05) is 18.2 Å². The van der Waals surface area contributed by atoms with Gasteiger partial charge in [-0.05, 0) is 19.1 Å². The molecule has 2 rings (SSSR count). The Morgan fingerprint density at radius 3 is 2.78 bits per heavy atom. The van der Waals surface area contributed by atoms with Crippen molar-refractivity contribution in [2.45, 2.75) is 18.7 Å².